The minimum Gasteiger partial charge on any atom is -0.477 e. The van der Waals surface area contributed by atoms with Crippen molar-refractivity contribution in [2.45, 2.75) is 64.9 Å². The Morgan fingerprint density at radius 3 is 2.70 bits per heavy atom. The Hall–Kier alpha value is -2.96. The van der Waals surface area contributed by atoms with Crippen LogP contribution in [0.4, 0.5) is 8.78 Å². The number of allylic oxidation sites excluding steroid dienone is 1. The fraction of sp³-hybridized carbons (Fsp3) is 0.531. The number of rotatable bonds is 6. The summed E-state index contributed by atoms with van der Waals surface area (Å²) in [6.07, 6.45) is 7.43. The molecule has 3 fully saturated rings. The van der Waals surface area contributed by atoms with Crippen molar-refractivity contribution in [2.24, 2.45) is 34.0 Å². The van der Waals surface area contributed by atoms with Gasteiger partial charge in [0.2, 0.25) is 0 Å². The van der Waals surface area contributed by atoms with Crippen molar-refractivity contribution in [3.8, 4) is 5.69 Å². The van der Waals surface area contributed by atoms with Crippen molar-refractivity contribution in [1.82, 2.24) is 19.4 Å². The van der Waals surface area contributed by atoms with Crippen molar-refractivity contribution >= 4 is 40.5 Å². The lowest BCUT2D eigenvalue weighted by atomic mass is 9.44. The van der Waals surface area contributed by atoms with E-state index in [4.69, 9.17) is 0 Å². The number of hydrogen-bond acceptors (Lipinski definition) is 8. The number of fused-ring (bicyclic) bond motifs is 6. The summed E-state index contributed by atoms with van der Waals surface area (Å²) >= 11 is 1.43. The van der Waals surface area contributed by atoms with E-state index >= 15 is 0 Å². The maximum Gasteiger partial charge on any atom is 0.349 e. The van der Waals surface area contributed by atoms with E-state index in [1.54, 1.807) is 12.1 Å². The molecule has 8 nitrogen and oxygen atoms in total. The summed E-state index contributed by atoms with van der Waals surface area (Å²) in [5.41, 5.74) is 2.33. The van der Waals surface area contributed by atoms with Crippen LogP contribution in [0.25, 0.3) is 11.8 Å². The topological polar surface area (TPSA) is 118 Å². The Labute approximate surface area is 262 Å². The van der Waals surface area contributed by atoms with Crippen LogP contribution < -0.4 is 0 Å². The summed E-state index contributed by atoms with van der Waals surface area (Å²) in [4.78, 5) is 25.8. The van der Waals surface area contributed by atoms with Gasteiger partial charge in [-0.05, 0) is 115 Å². The summed E-state index contributed by atoms with van der Waals surface area (Å²) in [5.74, 6) is -1.25. The molecule has 3 saturated carbocycles. The first-order chi connectivity index (χ1) is 21.0. The predicted octanol–water partition coefficient (Wildman–Crippen LogP) is 6.13. The zero-order valence-electron chi connectivity index (χ0n) is 24.5. The summed E-state index contributed by atoms with van der Waals surface area (Å²) in [6, 6.07) is 5.42. The molecule has 7 rings (SSSR count). The van der Waals surface area contributed by atoms with E-state index in [-0.39, 0.29) is 51.1 Å². The molecule has 4 aliphatic carbocycles. The number of carbonyl (C=O) groups excluding carboxylic acids is 1. The molecule has 4 aliphatic rings. The average Bonchev–Trinajstić information content (AvgIpc) is 3.68. The molecule has 3 aromatic rings. The molecule has 44 heavy (non-hydrogen) atoms. The SMILES string of the molecule is C[C@]12Cc3cnn(-c4ccc(F)cc4)c3C=C1CC[C@@H]1[C@@H]2[C@@H](O)C[C@@]2(C)[C@H]1CC[C@]2(Cc1nnsc1C(=O)O)C(=O)SCF. The van der Waals surface area contributed by atoms with Gasteiger partial charge in [-0.2, -0.15) is 5.10 Å². The molecular weight excluding hydrogens is 607 g/mol. The molecule has 0 spiro atoms. The molecule has 0 aliphatic heterocycles. The molecule has 2 aromatic heterocycles. The third-order valence-electron chi connectivity index (χ3n) is 11.7. The van der Waals surface area contributed by atoms with Gasteiger partial charge in [0.05, 0.1) is 34.8 Å². The van der Waals surface area contributed by atoms with Crippen LogP contribution in [0, 0.1) is 39.8 Å². The summed E-state index contributed by atoms with van der Waals surface area (Å²) in [7, 11) is 0. The number of aromatic nitrogens is 4. The number of carboxylic acids is 1. The van der Waals surface area contributed by atoms with Gasteiger partial charge in [-0.3, -0.25) is 4.79 Å². The van der Waals surface area contributed by atoms with Crippen molar-refractivity contribution < 1.29 is 28.6 Å². The highest BCUT2D eigenvalue weighted by Gasteiger charge is 2.68. The van der Waals surface area contributed by atoms with Crippen LogP contribution in [0.5, 0.6) is 0 Å². The normalized spacial score (nSPS) is 34.0. The summed E-state index contributed by atoms with van der Waals surface area (Å²) < 4.78 is 33.0. The van der Waals surface area contributed by atoms with E-state index in [0.29, 0.717) is 31.0 Å². The molecule has 0 bridgehead atoms. The van der Waals surface area contributed by atoms with E-state index in [1.807, 2.05) is 10.9 Å². The highest BCUT2D eigenvalue weighted by Crippen LogP contribution is 2.71. The highest BCUT2D eigenvalue weighted by atomic mass is 32.2. The van der Waals surface area contributed by atoms with Crippen LogP contribution in [0.1, 0.15) is 72.6 Å². The molecule has 1 aromatic carbocycles. The van der Waals surface area contributed by atoms with Crippen molar-refractivity contribution in [3.05, 3.63) is 63.7 Å². The maximum absolute atomic E-state index is 13.9. The molecule has 0 radical (unpaired) electrons. The lowest BCUT2D eigenvalue weighted by Gasteiger charge is -2.61. The van der Waals surface area contributed by atoms with Gasteiger partial charge < -0.3 is 10.2 Å². The lowest BCUT2D eigenvalue weighted by Crippen LogP contribution is -2.59. The molecule has 12 heteroatoms. The first-order valence-electron chi connectivity index (χ1n) is 15.0. The van der Waals surface area contributed by atoms with Crippen LogP contribution in [0.3, 0.4) is 0 Å². The van der Waals surface area contributed by atoms with Gasteiger partial charge in [0, 0.05) is 6.42 Å². The van der Waals surface area contributed by atoms with Crippen LogP contribution in [-0.2, 0) is 17.6 Å². The molecular formula is C32H34F2N4O4S2. The van der Waals surface area contributed by atoms with E-state index in [2.05, 4.69) is 34.6 Å². The van der Waals surface area contributed by atoms with E-state index in [1.165, 1.54) is 17.7 Å². The van der Waals surface area contributed by atoms with Gasteiger partial charge in [0.25, 0.3) is 0 Å². The van der Waals surface area contributed by atoms with Crippen LogP contribution in [0.2, 0.25) is 0 Å². The van der Waals surface area contributed by atoms with E-state index in [9.17, 15) is 28.6 Å². The second kappa shape index (κ2) is 10.6. The molecule has 0 unspecified atom stereocenters. The van der Waals surface area contributed by atoms with E-state index in [0.717, 1.165) is 47.7 Å². The number of thioether (sulfide) groups is 1. The number of benzene rings is 1. The van der Waals surface area contributed by atoms with Crippen LogP contribution >= 0.6 is 23.3 Å². The third-order valence-corrected chi connectivity index (χ3v) is 13.2. The Kier molecular flexibility index (Phi) is 7.13. The minimum atomic E-state index is -1.14. The Balaban J connectivity index is 1.24. The standard InChI is InChI=1S/C32H34F2N4O4S2/c1-30-12-17-15-35-38(20-6-4-19(34)5-7-20)24(17)11-18(30)3-8-21-22-9-10-32(29(42)43-16-33,31(22,2)14-25(39)26(21)30)13-23-27(28(40)41)44-37-36-23/h4-7,11,15,21-22,25-26,39H,3,8-10,12-14,16H2,1-2H3,(H,40,41)/t21-,22-,25-,26+,30-,31-,32-/m0/s1. The fourth-order valence-electron chi connectivity index (χ4n) is 9.75. The van der Waals surface area contributed by atoms with Gasteiger partial charge in [-0.15, -0.1) is 5.10 Å². The number of aliphatic hydroxyl groups is 1. The minimum absolute atomic E-state index is 0.00265. The molecule has 2 heterocycles. The monoisotopic (exact) mass is 640 g/mol. The maximum atomic E-state index is 13.9. The Morgan fingerprint density at radius 2 is 1.98 bits per heavy atom. The molecule has 232 valence electrons. The second-order valence-electron chi connectivity index (χ2n) is 13.4. The number of carbonyl (C=O) groups is 2. The van der Waals surface area contributed by atoms with Gasteiger partial charge in [0.15, 0.2) is 9.99 Å². The molecule has 0 saturated heterocycles. The van der Waals surface area contributed by atoms with Crippen molar-refractivity contribution in [2.75, 3.05) is 6.01 Å². The highest BCUT2D eigenvalue weighted by molar-refractivity contribution is 8.13. The van der Waals surface area contributed by atoms with Gasteiger partial charge in [-0.25, -0.2) is 18.3 Å². The first kappa shape index (κ1) is 29.7. The number of nitrogens with zero attached hydrogens (tertiary/aromatic N) is 4. The largest absolute Gasteiger partial charge is 0.477 e. The molecule has 2 N–H and O–H groups in total. The van der Waals surface area contributed by atoms with Crippen molar-refractivity contribution in [3.63, 3.8) is 0 Å². The smallest absolute Gasteiger partial charge is 0.349 e. The average molecular weight is 641 g/mol. The fourth-order valence-corrected chi connectivity index (χ4v) is 11.0. The van der Waals surface area contributed by atoms with Crippen LogP contribution in [0.15, 0.2) is 36.0 Å². The van der Waals surface area contributed by atoms with E-state index < -0.39 is 28.9 Å². The van der Waals surface area contributed by atoms with Crippen molar-refractivity contribution in [1.29, 1.82) is 0 Å². The Bertz CT molecular complexity index is 1670. The van der Waals surface area contributed by atoms with Crippen LogP contribution in [-0.4, -0.2) is 52.8 Å². The Morgan fingerprint density at radius 1 is 1.20 bits per heavy atom. The number of halogens is 2. The molecule has 0 amide bonds. The molecule has 7 atom stereocenters. The number of hydrogen-bond donors (Lipinski definition) is 2. The summed E-state index contributed by atoms with van der Waals surface area (Å²) in [6.45, 7) is 4.30. The van der Waals surface area contributed by atoms with Gasteiger partial charge in [0.1, 0.15) is 11.8 Å². The second-order valence-corrected chi connectivity index (χ2v) is 15.1. The number of carboxylic acid groups (broad SMARTS) is 1. The first-order valence-corrected chi connectivity index (χ1v) is 16.8. The number of aromatic carboxylic acids is 1. The predicted molar refractivity (Wildman–Crippen MR) is 163 cm³/mol. The summed E-state index contributed by atoms with van der Waals surface area (Å²) in [5, 5.41) is 30.3. The zero-order chi connectivity index (χ0) is 31.0. The quantitative estimate of drug-likeness (QED) is 0.331. The zero-order valence-corrected chi connectivity index (χ0v) is 26.1. The van der Waals surface area contributed by atoms with Gasteiger partial charge in [-0.1, -0.05) is 35.7 Å². The third kappa shape index (κ3) is 4.20. The van der Waals surface area contributed by atoms with Gasteiger partial charge >= 0.3 is 5.97 Å². The lowest BCUT2D eigenvalue weighted by molar-refractivity contribution is -0.153. The number of aliphatic hydroxyl groups excluding tert-OH is 1. The number of alkyl halides is 1.